The number of benzene rings is 1. The number of Topliss-reactive ketones (excluding diaryl/α,β-unsaturated/α-hetero) is 2. The van der Waals surface area contributed by atoms with Crippen LogP contribution in [0, 0.1) is 10.8 Å². The zero-order chi connectivity index (χ0) is 20.1. The van der Waals surface area contributed by atoms with Crippen molar-refractivity contribution in [2.45, 2.75) is 41.5 Å². The van der Waals surface area contributed by atoms with Crippen LogP contribution in [0.25, 0.3) is 0 Å². The minimum Gasteiger partial charge on any atom is -0.478 e. The van der Waals surface area contributed by atoms with Gasteiger partial charge in [-0.2, -0.15) is 11.3 Å². The van der Waals surface area contributed by atoms with Crippen molar-refractivity contribution in [2.24, 2.45) is 10.8 Å². The van der Waals surface area contributed by atoms with Gasteiger partial charge in [-0.05, 0) is 23.6 Å². The van der Waals surface area contributed by atoms with Crippen molar-refractivity contribution in [3.05, 3.63) is 57.8 Å². The Labute approximate surface area is 158 Å². The van der Waals surface area contributed by atoms with Crippen LogP contribution in [0.5, 0.6) is 0 Å². The summed E-state index contributed by atoms with van der Waals surface area (Å²) in [4.78, 5) is 33.9. The number of hydrogen-bond donors (Lipinski definition) is 1. The molecule has 2 rings (SSSR count). The number of carboxylic acid groups (broad SMARTS) is 1. The minimum atomic E-state index is -0.982. The molecular weight excluding hydrogens is 348 g/mol. The highest BCUT2D eigenvalue weighted by atomic mass is 32.1. The van der Waals surface area contributed by atoms with E-state index >= 15 is 0 Å². The second-order valence-electron chi connectivity index (χ2n) is 8.05. The van der Waals surface area contributed by atoms with Gasteiger partial charge in [0.25, 0.3) is 0 Å². The summed E-state index contributed by atoms with van der Waals surface area (Å²) in [6.07, 6.45) is 0. The highest BCUT2D eigenvalue weighted by molar-refractivity contribution is 7.08. The van der Waals surface area contributed by atoms with Crippen LogP contribution in [0.15, 0.2) is 41.1 Å². The number of hydrogen-bond acceptors (Lipinski definition) is 4. The lowest BCUT2D eigenvalue weighted by Gasteiger charge is -2.16. The first-order valence-corrected chi connectivity index (χ1v) is 9.23. The normalized spacial score (nSPS) is 11.3. The lowest BCUT2D eigenvalue weighted by molar-refractivity contribution is 0.0695. The second kappa shape index (κ2) is 8.41. The standard InChI is InChI=1S/C12H14O3.C9H12OS/c1-12(2,3)10(13)8-4-6-9(7-5-8)11(14)15;1-9(2,3)8(10)7-4-5-11-6-7/h4-7H,1-3H3,(H,14,15);4-6H,1-3H3. The van der Waals surface area contributed by atoms with Gasteiger partial charge in [0, 0.05) is 27.3 Å². The van der Waals surface area contributed by atoms with Crippen molar-refractivity contribution in [3.63, 3.8) is 0 Å². The molecule has 0 atom stereocenters. The Balaban J connectivity index is 0.000000273. The van der Waals surface area contributed by atoms with Crippen LogP contribution in [-0.4, -0.2) is 22.6 Å². The zero-order valence-electron chi connectivity index (χ0n) is 16.1. The number of aromatic carboxylic acids is 1. The van der Waals surface area contributed by atoms with E-state index in [0.29, 0.717) is 5.56 Å². The summed E-state index contributed by atoms with van der Waals surface area (Å²) in [6.45, 7) is 11.3. The van der Waals surface area contributed by atoms with Crippen LogP contribution < -0.4 is 0 Å². The maximum absolute atomic E-state index is 11.8. The fraction of sp³-hybridized carbons (Fsp3) is 0.381. The van der Waals surface area contributed by atoms with Crippen molar-refractivity contribution in [1.82, 2.24) is 0 Å². The van der Waals surface area contributed by atoms with Gasteiger partial charge < -0.3 is 5.11 Å². The summed E-state index contributed by atoms with van der Waals surface area (Å²) < 4.78 is 0. The zero-order valence-corrected chi connectivity index (χ0v) is 16.9. The lowest BCUT2D eigenvalue weighted by Crippen LogP contribution is -2.20. The molecular formula is C21H26O4S. The van der Waals surface area contributed by atoms with Crippen molar-refractivity contribution in [2.75, 3.05) is 0 Å². The molecule has 140 valence electrons. The molecule has 0 unspecified atom stereocenters. The molecule has 0 radical (unpaired) electrons. The second-order valence-corrected chi connectivity index (χ2v) is 8.83. The summed E-state index contributed by atoms with van der Waals surface area (Å²) in [5, 5.41) is 12.5. The first kappa shape index (κ1) is 21.8. The van der Waals surface area contributed by atoms with Gasteiger partial charge in [-0.25, -0.2) is 4.79 Å². The van der Waals surface area contributed by atoms with Gasteiger partial charge in [0.05, 0.1) is 5.56 Å². The molecule has 0 aliphatic carbocycles. The Morgan fingerprint density at radius 2 is 1.15 bits per heavy atom. The number of ketones is 2. The highest BCUT2D eigenvalue weighted by Gasteiger charge is 2.23. The molecule has 0 aliphatic rings. The maximum Gasteiger partial charge on any atom is 0.335 e. The Morgan fingerprint density at radius 1 is 0.731 bits per heavy atom. The van der Waals surface area contributed by atoms with E-state index in [9.17, 15) is 14.4 Å². The molecule has 4 nitrogen and oxygen atoms in total. The van der Waals surface area contributed by atoms with E-state index in [-0.39, 0.29) is 22.5 Å². The molecule has 0 amide bonds. The monoisotopic (exact) mass is 374 g/mol. The highest BCUT2D eigenvalue weighted by Crippen LogP contribution is 2.22. The SMILES string of the molecule is CC(C)(C)C(=O)c1ccc(C(=O)O)cc1.CC(C)(C)C(=O)c1ccsc1. The molecule has 0 bridgehead atoms. The molecule has 2 aromatic rings. The molecule has 5 heteroatoms. The van der Waals surface area contributed by atoms with Gasteiger partial charge in [0.15, 0.2) is 11.6 Å². The van der Waals surface area contributed by atoms with Crippen molar-refractivity contribution in [1.29, 1.82) is 0 Å². The number of carboxylic acids is 1. The average molecular weight is 375 g/mol. The topological polar surface area (TPSA) is 71.4 Å². The van der Waals surface area contributed by atoms with E-state index in [4.69, 9.17) is 5.11 Å². The van der Waals surface area contributed by atoms with Crippen LogP contribution >= 0.6 is 11.3 Å². The molecule has 0 fully saturated rings. The van der Waals surface area contributed by atoms with Crippen LogP contribution in [0.1, 0.15) is 72.6 Å². The molecule has 1 N–H and O–H groups in total. The average Bonchev–Trinajstić information content (AvgIpc) is 3.06. The third-order valence-electron chi connectivity index (χ3n) is 3.54. The summed E-state index contributed by atoms with van der Waals surface area (Å²) in [7, 11) is 0. The third-order valence-corrected chi connectivity index (χ3v) is 4.22. The molecule has 1 aromatic heterocycles. The van der Waals surface area contributed by atoms with Crippen LogP contribution in [0.4, 0.5) is 0 Å². The van der Waals surface area contributed by atoms with E-state index < -0.39 is 11.4 Å². The van der Waals surface area contributed by atoms with E-state index in [2.05, 4.69) is 0 Å². The fourth-order valence-electron chi connectivity index (χ4n) is 2.02. The Hall–Kier alpha value is -2.27. The first-order valence-electron chi connectivity index (χ1n) is 8.29. The molecule has 0 saturated heterocycles. The Morgan fingerprint density at radius 3 is 1.50 bits per heavy atom. The van der Waals surface area contributed by atoms with E-state index in [1.165, 1.54) is 12.1 Å². The van der Waals surface area contributed by atoms with Gasteiger partial charge in [0.1, 0.15) is 0 Å². The minimum absolute atomic E-state index is 0.0134. The predicted octanol–water partition coefficient (Wildman–Crippen LogP) is 5.59. The number of carbonyl (C=O) groups excluding carboxylic acids is 2. The molecule has 26 heavy (non-hydrogen) atoms. The molecule has 1 heterocycles. The van der Waals surface area contributed by atoms with E-state index in [1.807, 2.05) is 58.4 Å². The number of rotatable bonds is 3. The number of thiophene rings is 1. The van der Waals surface area contributed by atoms with Crippen molar-refractivity contribution >= 4 is 28.9 Å². The summed E-state index contributed by atoms with van der Waals surface area (Å²) in [6, 6.07) is 7.87. The fourth-order valence-corrected chi connectivity index (χ4v) is 2.66. The largest absolute Gasteiger partial charge is 0.478 e. The Bertz CT molecular complexity index is 758. The van der Waals surface area contributed by atoms with Gasteiger partial charge in [0.2, 0.25) is 0 Å². The summed E-state index contributed by atoms with van der Waals surface area (Å²) in [5.41, 5.74) is 0.890. The van der Waals surface area contributed by atoms with Gasteiger partial charge in [-0.3, -0.25) is 9.59 Å². The first-order chi connectivity index (χ1) is 11.8. The van der Waals surface area contributed by atoms with Gasteiger partial charge >= 0.3 is 5.97 Å². The van der Waals surface area contributed by atoms with Gasteiger partial charge in [-0.1, -0.05) is 53.7 Å². The van der Waals surface area contributed by atoms with E-state index in [1.54, 1.807) is 23.5 Å². The molecule has 0 saturated carbocycles. The number of carbonyl (C=O) groups is 3. The summed E-state index contributed by atoms with van der Waals surface area (Å²) in [5.74, 6) is -0.747. The predicted molar refractivity (Wildman–Crippen MR) is 105 cm³/mol. The van der Waals surface area contributed by atoms with Crippen molar-refractivity contribution in [3.8, 4) is 0 Å². The quantitative estimate of drug-likeness (QED) is 0.711. The third kappa shape index (κ3) is 6.23. The van der Waals surface area contributed by atoms with Crippen molar-refractivity contribution < 1.29 is 19.5 Å². The van der Waals surface area contributed by atoms with Gasteiger partial charge in [-0.15, -0.1) is 0 Å². The van der Waals surface area contributed by atoms with Crippen LogP contribution in [-0.2, 0) is 0 Å². The van der Waals surface area contributed by atoms with Crippen LogP contribution in [0.2, 0.25) is 0 Å². The summed E-state index contributed by atoms with van der Waals surface area (Å²) >= 11 is 1.56. The van der Waals surface area contributed by atoms with Crippen LogP contribution in [0.3, 0.4) is 0 Å². The lowest BCUT2D eigenvalue weighted by atomic mass is 9.86. The smallest absolute Gasteiger partial charge is 0.335 e. The molecule has 1 aromatic carbocycles. The molecule has 0 spiro atoms. The molecule has 0 aliphatic heterocycles. The Kier molecular flexibility index (Phi) is 7.04. The maximum atomic E-state index is 11.8. The van der Waals surface area contributed by atoms with E-state index in [0.717, 1.165) is 5.56 Å².